The van der Waals surface area contributed by atoms with Crippen molar-refractivity contribution in [3.63, 3.8) is 0 Å². The van der Waals surface area contributed by atoms with Crippen molar-refractivity contribution in [2.45, 2.75) is 44.2 Å². The third kappa shape index (κ3) is 4.48. The molecule has 1 fully saturated rings. The summed E-state index contributed by atoms with van der Waals surface area (Å²) in [5.41, 5.74) is 1.53. The Morgan fingerprint density at radius 3 is 2.57 bits per heavy atom. The van der Waals surface area contributed by atoms with Crippen molar-refractivity contribution in [2.24, 2.45) is 11.8 Å². The lowest BCUT2D eigenvalue weighted by atomic mass is 9.78. The number of rotatable bonds is 5. The number of hydrogen-bond donors (Lipinski definition) is 1. The number of benzene rings is 2. The Kier molecular flexibility index (Phi) is 6.32. The molecule has 0 saturated heterocycles. The predicted molar refractivity (Wildman–Crippen MR) is 120 cm³/mol. The molecule has 4 rings (SSSR count). The van der Waals surface area contributed by atoms with Crippen LogP contribution in [0.4, 0.5) is 4.39 Å². The molecule has 30 heavy (non-hydrogen) atoms. The summed E-state index contributed by atoms with van der Waals surface area (Å²) >= 11 is 1.41. The Morgan fingerprint density at radius 1 is 1.07 bits per heavy atom. The van der Waals surface area contributed by atoms with Gasteiger partial charge in [0, 0.05) is 22.4 Å². The van der Waals surface area contributed by atoms with Gasteiger partial charge in [-0.2, -0.15) is 0 Å². The smallest absolute Gasteiger partial charge is 0.230 e. The lowest BCUT2D eigenvalue weighted by molar-refractivity contribution is -0.119. The van der Waals surface area contributed by atoms with Crippen LogP contribution < -0.4 is 5.32 Å². The number of aromatic nitrogens is 2. The van der Waals surface area contributed by atoms with Crippen molar-refractivity contribution in [1.82, 2.24) is 15.5 Å². The van der Waals surface area contributed by atoms with Crippen LogP contribution in [-0.4, -0.2) is 27.9 Å². The van der Waals surface area contributed by atoms with Gasteiger partial charge in [-0.05, 0) is 42.5 Å². The summed E-state index contributed by atoms with van der Waals surface area (Å²) in [6.07, 6.45) is 3.46. The number of amides is 1. The van der Waals surface area contributed by atoms with E-state index in [0.29, 0.717) is 23.3 Å². The second-order valence-electron chi connectivity index (χ2n) is 8.14. The van der Waals surface area contributed by atoms with Crippen molar-refractivity contribution in [3.8, 4) is 11.3 Å². The highest BCUT2D eigenvalue weighted by Crippen LogP contribution is 2.32. The molecule has 0 radical (unpaired) electrons. The quantitative estimate of drug-likeness (QED) is 0.553. The number of fused-ring (bicyclic) bond motifs is 1. The number of nitrogens with zero attached hydrogens (tertiary/aromatic N) is 2. The van der Waals surface area contributed by atoms with Crippen LogP contribution in [0.5, 0.6) is 0 Å². The van der Waals surface area contributed by atoms with Gasteiger partial charge in [-0.1, -0.05) is 62.7 Å². The van der Waals surface area contributed by atoms with E-state index in [2.05, 4.69) is 29.4 Å². The maximum atomic E-state index is 13.3. The molecular weight excluding hydrogens is 397 g/mol. The molecule has 1 N–H and O–H groups in total. The summed E-state index contributed by atoms with van der Waals surface area (Å²) in [5, 5.41) is 14.6. The summed E-state index contributed by atoms with van der Waals surface area (Å²) in [5.74, 6) is 1.22. The third-order valence-electron chi connectivity index (χ3n) is 6.16. The summed E-state index contributed by atoms with van der Waals surface area (Å²) in [4.78, 5) is 12.6. The van der Waals surface area contributed by atoms with Gasteiger partial charge in [-0.3, -0.25) is 4.79 Å². The Morgan fingerprint density at radius 2 is 1.80 bits per heavy atom. The minimum Gasteiger partial charge on any atom is -0.352 e. The van der Waals surface area contributed by atoms with Gasteiger partial charge in [0.1, 0.15) is 16.5 Å². The van der Waals surface area contributed by atoms with Crippen molar-refractivity contribution >= 4 is 28.4 Å². The molecule has 1 aliphatic rings. The van der Waals surface area contributed by atoms with Gasteiger partial charge in [-0.15, -0.1) is 10.2 Å². The van der Waals surface area contributed by atoms with E-state index in [4.69, 9.17) is 0 Å². The largest absolute Gasteiger partial charge is 0.352 e. The first-order valence-corrected chi connectivity index (χ1v) is 11.4. The van der Waals surface area contributed by atoms with Crippen LogP contribution in [-0.2, 0) is 4.79 Å². The minimum absolute atomic E-state index is 0.0412. The monoisotopic (exact) mass is 423 g/mol. The highest BCUT2D eigenvalue weighted by molar-refractivity contribution is 8.00. The fraction of sp³-hybridized carbons (Fsp3) is 0.375. The van der Waals surface area contributed by atoms with Gasteiger partial charge in [0.05, 0.1) is 5.75 Å². The van der Waals surface area contributed by atoms with E-state index < -0.39 is 0 Å². The standard InChI is InChI=1S/C24H26FN3OS/c1-15-6-5-9-21(16(15)2)26-22(29)14-30-24-20-8-4-3-7-19(20)23(27-28-24)17-10-12-18(25)13-11-17/h3-4,7-8,10-13,15-16,21H,5-6,9,14H2,1-2H3,(H,26,29)/t15-,16+,21-/m1/s1. The molecule has 0 bridgehead atoms. The Bertz CT molecular complexity index is 1040. The van der Waals surface area contributed by atoms with E-state index >= 15 is 0 Å². The van der Waals surface area contributed by atoms with Crippen molar-refractivity contribution < 1.29 is 9.18 Å². The normalized spacial score (nSPS) is 21.5. The number of thioether (sulfide) groups is 1. The Hall–Kier alpha value is -2.47. The predicted octanol–water partition coefficient (Wildman–Crippen LogP) is 5.47. The maximum absolute atomic E-state index is 13.3. The summed E-state index contributed by atoms with van der Waals surface area (Å²) in [6, 6.07) is 14.4. The van der Waals surface area contributed by atoms with Crippen molar-refractivity contribution in [2.75, 3.05) is 5.75 Å². The van der Waals surface area contributed by atoms with Crippen LogP contribution in [0.15, 0.2) is 53.6 Å². The molecule has 0 spiro atoms. The molecule has 2 aromatic carbocycles. The molecule has 3 aromatic rings. The SMILES string of the molecule is C[C@H]1[C@H](C)CCC[C@H]1NC(=O)CSc1nnc(-c2ccc(F)cc2)c2ccccc12. The molecule has 0 unspecified atom stereocenters. The van der Waals surface area contributed by atoms with E-state index in [1.807, 2.05) is 24.3 Å². The van der Waals surface area contributed by atoms with Crippen LogP contribution in [0, 0.1) is 17.7 Å². The lowest BCUT2D eigenvalue weighted by Gasteiger charge is -2.34. The fourth-order valence-electron chi connectivity index (χ4n) is 4.17. The highest BCUT2D eigenvalue weighted by Gasteiger charge is 2.28. The zero-order chi connectivity index (χ0) is 21.1. The van der Waals surface area contributed by atoms with Gasteiger partial charge in [0.15, 0.2) is 0 Å². The fourth-order valence-corrected chi connectivity index (χ4v) is 4.96. The second-order valence-corrected chi connectivity index (χ2v) is 9.10. The first-order chi connectivity index (χ1) is 14.5. The topological polar surface area (TPSA) is 54.9 Å². The minimum atomic E-state index is -0.282. The van der Waals surface area contributed by atoms with Crippen LogP contribution in [0.3, 0.4) is 0 Å². The second kappa shape index (κ2) is 9.13. The molecule has 6 heteroatoms. The summed E-state index contributed by atoms with van der Waals surface area (Å²) in [6.45, 7) is 4.50. The van der Waals surface area contributed by atoms with Crippen molar-refractivity contribution in [1.29, 1.82) is 0 Å². The zero-order valence-corrected chi connectivity index (χ0v) is 18.1. The van der Waals surface area contributed by atoms with E-state index in [-0.39, 0.29) is 17.8 Å². The number of carbonyl (C=O) groups is 1. The molecular formula is C24H26FN3OS. The lowest BCUT2D eigenvalue weighted by Crippen LogP contribution is -2.44. The Labute approximate surface area is 180 Å². The zero-order valence-electron chi connectivity index (χ0n) is 17.3. The number of nitrogens with one attached hydrogen (secondary N) is 1. The first-order valence-electron chi connectivity index (χ1n) is 10.5. The molecule has 1 heterocycles. The van der Waals surface area contributed by atoms with Crippen LogP contribution in [0.2, 0.25) is 0 Å². The Balaban J connectivity index is 1.50. The molecule has 1 amide bonds. The van der Waals surface area contributed by atoms with Gasteiger partial charge in [-0.25, -0.2) is 4.39 Å². The maximum Gasteiger partial charge on any atom is 0.230 e. The van der Waals surface area contributed by atoms with Gasteiger partial charge in [0.2, 0.25) is 5.91 Å². The first kappa shape index (κ1) is 20.8. The third-order valence-corrected chi connectivity index (χ3v) is 7.15. The average molecular weight is 424 g/mol. The molecule has 4 nitrogen and oxygen atoms in total. The van der Waals surface area contributed by atoms with E-state index in [0.717, 1.165) is 27.8 Å². The molecule has 1 aliphatic carbocycles. The van der Waals surface area contributed by atoms with E-state index in [1.165, 1.54) is 36.7 Å². The van der Waals surface area contributed by atoms with Crippen molar-refractivity contribution in [3.05, 3.63) is 54.3 Å². The molecule has 3 atom stereocenters. The van der Waals surface area contributed by atoms with E-state index in [9.17, 15) is 9.18 Å². The molecule has 156 valence electrons. The molecule has 0 aliphatic heterocycles. The summed E-state index contributed by atoms with van der Waals surface area (Å²) < 4.78 is 13.3. The highest BCUT2D eigenvalue weighted by atomic mass is 32.2. The number of halogens is 1. The van der Waals surface area contributed by atoms with Gasteiger partial charge in [0.25, 0.3) is 0 Å². The molecule has 1 aromatic heterocycles. The number of carbonyl (C=O) groups excluding carboxylic acids is 1. The van der Waals surface area contributed by atoms with E-state index in [1.54, 1.807) is 12.1 Å². The average Bonchev–Trinajstić information content (AvgIpc) is 2.76. The van der Waals surface area contributed by atoms with Gasteiger partial charge >= 0.3 is 0 Å². The summed E-state index contributed by atoms with van der Waals surface area (Å²) in [7, 11) is 0. The van der Waals surface area contributed by atoms with Crippen LogP contribution in [0.25, 0.3) is 22.0 Å². The number of hydrogen-bond acceptors (Lipinski definition) is 4. The van der Waals surface area contributed by atoms with Crippen LogP contribution in [0.1, 0.15) is 33.1 Å². The van der Waals surface area contributed by atoms with Crippen LogP contribution >= 0.6 is 11.8 Å². The molecule has 1 saturated carbocycles. The van der Waals surface area contributed by atoms with Gasteiger partial charge < -0.3 is 5.32 Å².